The van der Waals surface area contributed by atoms with Crippen LogP contribution in [0.2, 0.25) is 0 Å². The minimum absolute atomic E-state index is 0.0520. The minimum atomic E-state index is -1.26. The smallest absolute Gasteiger partial charge is 0.255 e. The van der Waals surface area contributed by atoms with E-state index in [4.69, 9.17) is 11.5 Å². The van der Waals surface area contributed by atoms with Crippen molar-refractivity contribution in [2.45, 2.75) is 6.10 Å². The van der Waals surface area contributed by atoms with Gasteiger partial charge in [0, 0.05) is 157 Å². The number of aliphatic hydroxyl groups is 1. The number of amides is 1. The minimum Gasteiger partial charge on any atom is -0.378 e. The van der Waals surface area contributed by atoms with E-state index in [0.29, 0.717) is 26.7 Å². The molecule has 11 aromatic heterocycles. The summed E-state index contributed by atoms with van der Waals surface area (Å²) in [6.45, 7) is 0. The zero-order chi connectivity index (χ0) is 48.1. The molecule has 0 aliphatic heterocycles. The summed E-state index contributed by atoms with van der Waals surface area (Å²) in [6.07, 6.45) is 19.8. The molecule has 9 N–H and O–H groups in total. The van der Waals surface area contributed by atoms with Crippen molar-refractivity contribution in [3.05, 3.63) is 135 Å². The van der Waals surface area contributed by atoms with Gasteiger partial charge in [0.15, 0.2) is 22.2 Å². The van der Waals surface area contributed by atoms with Gasteiger partial charge in [-0.25, -0.2) is 29.9 Å². The van der Waals surface area contributed by atoms with E-state index in [1.165, 1.54) is 33.8 Å². The molecule has 23 heteroatoms. The van der Waals surface area contributed by atoms with E-state index >= 15 is 0 Å². The highest BCUT2D eigenvalue weighted by atomic mass is 79.9. The third-order valence-electron chi connectivity index (χ3n) is 9.98. The Morgan fingerprint density at radius 3 is 1.76 bits per heavy atom. The van der Waals surface area contributed by atoms with Crippen LogP contribution in [-0.4, -0.2) is 95.9 Å². The number of Topliss-reactive ketones (excluding diaryl/α,β-unsaturated/α-hetero) is 1. The maximum Gasteiger partial charge on any atom is 0.255 e. The zero-order valence-electron chi connectivity index (χ0n) is 35.5. The first-order valence-corrected chi connectivity index (χ1v) is 25.1. The molecule has 68 heavy (non-hydrogen) atoms. The van der Waals surface area contributed by atoms with Gasteiger partial charge < -0.3 is 41.4 Å². The predicted molar refractivity (Wildman–Crippen MR) is 284 cm³/mol. The normalized spacial score (nSPS) is 11.4. The van der Waals surface area contributed by atoms with E-state index in [9.17, 15) is 14.7 Å². The summed E-state index contributed by atoms with van der Waals surface area (Å²) in [5.41, 5.74) is 19.4. The van der Waals surface area contributed by atoms with E-state index in [1.54, 1.807) is 69.7 Å². The first-order valence-electron chi connectivity index (χ1n) is 19.9. The molecule has 1 unspecified atom stereocenters. The number of pyridine rings is 5. The second-order valence-electron chi connectivity index (χ2n) is 14.7. The number of anilines is 2. The molecule has 17 nitrogen and oxygen atoms in total. The van der Waals surface area contributed by atoms with Gasteiger partial charge >= 0.3 is 0 Å². The van der Waals surface area contributed by atoms with Crippen LogP contribution in [0.15, 0.2) is 124 Å². The molecule has 0 aromatic carbocycles. The number of hydrogen-bond donors (Lipinski definition) is 7. The standard InChI is InChI=1S/C19H18N6O2S.C10H7BrN4S.C9H6Br2N2O.C7H5BrN2/c1-25(2)18(27)16(26)12-3-10(5-21-6-12)11-4-13-14(8-23-17(13)22-7-11)15-9-24-19(20)28-15;11-5-1-6-7(3-14-9(6)13-2-5)8-4-15-10(12)16-8;10-2-8(14)7-4-13-9-6(7)1-5(11)3-12-9;8-6-3-5-1-2-9-7(5)10-4-6/h3-9,16,26H,1-2H3,(H2,20,24)(H,22,23);1-4H,(H2,12,15)(H,13,14);1,3-4H,2H2,(H,12,13);1-4H,(H,9,10). The number of aromatic amines is 4. The fourth-order valence-corrected chi connectivity index (χ4v) is 9.46. The van der Waals surface area contributed by atoms with Crippen molar-refractivity contribution in [3.8, 4) is 32.0 Å². The van der Waals surface area contributed by atoms with Crippen molar-refractivity contribution in [2.75, 3.05) is 30.9 Å². The third kappa shape index (κ3) is 11.0. The van der Waals surface area contributed by atoms with Gasteiger partial charge in [0.25, 0.3) is 5.91 Å². The Morgan fingerprint density at radius 2 is 1.18 bits per heavy atom. The second-order valence-corrected chi connectivity index (χ2v) is 20.2. The highest BCUT2D eigenvalue weighted by Gasteiger charge is 2.21. The molecule has 0 aliphatic carbocycles. The molecule has 0 saturated heterocycles. The van der Waals surface area contributed by atoms with Gasteiger partial charge in [0.2, 0.25) is 0 Å². The number of aliphatic hydroxyl groups excluding tert-OH is 1. The number of fused-ring (bicyclic) bond motifs is 4. The molecule has 11 rings (SSSR count). The first kappa shape index (κ1) is 48.3. The molecular formula is C45H36Br4N14O3S2. The van der Waals surface area contributed by atoms with Gasteiger partial charge in [0.1, 0.15) is 22.6 Å². The van der Waals surface area contributed by atoms with Crippen molar-refractivity contribution < 1.29 is 14.7 Å². The number of carbonyl (C=O) groups is 2. The molecule has 1 amide bonds. The van der Waals surface area contributed by atoms with Crippen LogP contribution in [0.3, 0.4) is 0 Å². The predicted octanol–water partition coefficient (Wildman–Crippen LogP) is 10.7. The number of rotatable bonds is 7. The summed E-state index contributed by atoms with van der Waals surface area (Å²) in [5, 5.41) is 15.7. The number of aromatic nitrogens is 11. The van der Waals surface area contributed by atoms with Gasteiger partial charge in [-0.3, -0.25) is 14.6 Å². The SMILES string of the molecule is Brc1cnc2[nH]ccc2c1.CN(C)C(=O)C(O)c1cncc(-c2cnc3[nH]cc(-c4cnc(N)s4)c3c2)c1.Nc1ncc(-c2c[nH]c3ncc(Br)cc23)s1.O=C(CBr)c1c[nH]c2ncc(Br)cc12. The third-order valence-corrected chi connectivity index (χ3v) is 13.5. The lowest BCUT2D eigenvalue weighted by Gasteiger charge is -2.16. The quantitative estimate of drug-likeness (QED) is 0.0580. The zero-order valence-corrected chi connectivity index (χ0v) is 43.5. The Hall–Kier alpha value is -6.21. The molecule has 0 aliphatic rings. The lowest BCUT2D eigenvalue weighted by atomic mass is 10.0. The lowest BCUT2D eigenvalue weighted by Crippen LogP contribution is -2.28. The topological polar surface area (TPSA) is 263 Å². The van der Waals surface area contributed by atoms with Crippen molar-refractivity contribution in [1.82, 2.24) is 59.7 Å². The number of nitrogens with one attached hydrogen (secondary N) is 4. The Morgan fingerprint density at radius 1 is 0.647 bits per heavy atom. The Labute approximate surface area is 427 Å². The van der Waals surface area contributed by atoms with Gasteiger partial charge in [-0.15, -0.1) is 0 Å². The summed E-state index contributed by atoms with van der Waals surface area (Å²) in [7, 11) is 3.20. The van der Waals surface area contributed by atoms with Gasteiger partial charge in [0.05, 0.1) is 15.1 Å². The van der Waals surface area contributed by atoms with Gasteiger partial charge in [-0.2, -0.15) is 0 Å². The Bertz CT molecular complexity index is 3560. The molecule has 11 aromatic rings. The number of halogens is 4. The van der Waals surface area contributed by atoms with Crippen LogP contribution in [0.25, 0.3) is 76.1 Å². The fraction of sp³-hybridized carbons (Fsp3) is 0.0889. The maximum atomic E-state index is 12.1. The average molecular weight is 1200 g/mol. The summed E-state index contributed by atoms with van der Waals surface area (Å²) >= 11 is 16.1. The van der Waals surface area contributed by atoms with E-state index in [-0.39, 0.29) is 5.78 Å². The Kier molecular flexibility index (Phi) is 15.2. The van der Waals surface area contributed by atoms with E-state index < -0.39 is 12.0 Å². The average Bonchev–Trinajstić information content (AvgIpc) is 4.22. The number of nitrogens with two attached hydrogens (primary N) is 2. The molecule has 0 spiro atoms. The van der Waals surface area contributed by atoms with Crippen LogP contribution >= 0.6 is 86.4 Å². The van der Waals surface area contributed by atoms with Crippen molar-refractivity contribution >= 4 is 152 Å². The van der Waals surface area contributed by atoms with Crippen LogP contribution < -0.4 is 11.5 Å². The largest absolute Gasteiger partial charge is 0.378 e. The van der Waals surface area contributed by atoms with Gasteiger partial charge in [-0.05, 0) is 84.2 Å². The highest BCUT2D eigenvalue weighted by Crippen LogP contribution is 2.36. The van der Waals surface area contributed by atoms with Crippen LogP contribution in [0, 0.1) is 0 Å². The highest BCUT2D eigenvalue weighted by molar-refractivity contribution is 9.11. The molecule has 344 valence electrons. The summed E-state index contributed by atoms with van der Waals surface area (Å²) in [4.78, 5) is 68.5. The summed E-state index contributed by atoms with van der Waals surface area (Å²) in [5.74, 6) is -0.348. The summed E-state index contributed by atoms with van der Waals surface area (Å²) < 4.78 is 2.84. The molecule has 0 fully saturated rings. The van der Waals surface area contributed by atoms with Crippen molar-refractivity contribution in [1.29, 1.82) is 0 Å². The van der Waals surface area contributed by atoms with Crippen LogP contribution in [0.1, 0.15) is 22.0 Å². The number of nitrogens with zero attached hydrogens (tertiary/aromatic N) is 8. The van der Waals surface area contributed by atoms with Crippen molar-refractivity contribution in [3.63, 3.8) is 0 Å². The van der Waals surface area contributed by atoms with Crippen molar-refractivity contribution in [2.24, 2.45) is 0 Å². The number of H-pyrrole nitrogens is 4. The maximum absolute atomic E-state index is 12.1. The molecule has 0 bridgehead atoms. The van der Waals surface area contributed by atoms with Crippen LogP contribution in [0.4, 0.5) is 10.3 Å². The monoisotopic (exact) mass is 1200 g/mol. The van der Waals surface area contributed by atoms with E-state index in [1.807, 2.05) is 48.9 Å². The molecular weight excluding hydrogens is 1170 g/mol. The molecule has 1 atom stereocenters. The Balaban J connectivity index is 0.000000132. The number of carbonyl (C=O) groups excluding carboxylic acids is 2. The number of alkyl halides is 1. The van der Waals surface area contributed by atoms with Crippen LogP contribution in [-0.2, 0) is 4.79 Å². The number of nitrogen functional groups attached to an aromatic ring is 2. The summed E-state index contributed by atoms with van der Waals surface area (Å²) in [6, 6.07) is 11.7. The van der Waals surface area contributed by atoms with Gasteiger partial charge in [-0.1, -0.05) is 38.6 Å². The second kappa shape index (κ2) is 21.4. The molecule has 11 heterocycles. The number of likely N-dealkylation sites (N-methyl/N-ethyl adjacent to an activating group) is 1. The molecule has 0 radical (unpaired) electrons. The fourth-order valence-electron chi connectivity index (χ4n) is 6.72. The van der Waals surface area contributed by atoms with Crippen LogP contribution in [0.5, 0.6) is 0 Å². The number of hydrogen-bond acceptors (Lipinski definition) is 14. The van der Waals surface area contributed by atoms with E-state index in [0.717, 1.165) is 89.6 Å². The first-order chi connectivity index (χ1) is 32.8. The van der Waals surface area contributed by atoms with E-state index in [2.05, 4.69) is 119 Å². The number of ketones is 1. The number of thiazole rings is 2. The lowest BCUT2D eigenvalue weighted by molar-refractivity contribution is -0.137. The molecule has 0 saturated carbocycles.